The van der Waals surface area contributed by atoms with Crippen LogP contribution in [-0.2, 0) is 50.7 Å². The van der Waals surface area contributed by atoms with Crippen LogP contribution in [0.5, 0.6) is 0 Å². The fourth-order valence-corrected chi connectivity index (χ4v) is 9.00. The third kappa shape index (κ3) is 15.2. The Morgan fingerprint density at radius 2 is 1.70 bits per heavy atom. The van der Waals surface area contributed by atoms with E-state index in [2.05, 4.69) is 34.4 Å². The molecule has 1 saturated heterocycles. The minimum absolute atomic E-state index is 0.0275. The number of imidazole rings is 1. The first-order valence-electron chi connectivity index (χ1n) is 17.1. The Hall–Kier alpha value is -2.52. The van der Waals surface area contributed by atoms with Crippen molar-refractivity contribution in [3.63, 3.8) is 0 Å². The molecule has 2 aromatic rings. The molecular formula is C27H50N9O17P3S. The number of aromatic nitrogens is 4. The number of nitrogens with one attached hydrogen (secondary N) is 2. The fraction of sp³-hybridized carbons (Fsp3) is 0.704. The molecule has 1 aliphatic heterocycles. The number of phosphoric ester groups is 3. The van der Waals surface area contributed by atoms with Crippen LogP contribution in [0, 0.1) is 5.41 Å². The van der Waals surface area contributed by atoms with Gasteiger partial charge in [-0.25, -0.2) is 28.6 Å². The van der Waals surface area contributed by atoms with Crippen molar-refractivity contribution in [2.45, 2.75) is 76.6 Å². The van der Waals surface area contributed by atoms with E-state index in [0.29, 0.717) is 19.4 Å². The molecule has 14 N–H and O–H groups in total. The summed E-state index contributed by atoms with van der Waals surface area (Å²) < 4.78 is 62.1. The van der Waals surface area contributed by atoms with Crippen LogP contribution < -0.4 is 27.2 Å². The van der Waals surface area contributed by atoms with Crippen molar-refractivity contribution in [1.29, 1.82) is 0 Å². The van der Waals surface area contributed by atoms with E-state index in [0.717, 1.165) is 30.1 Å². The highest BCUT2D eigenvalue weighted by atomic mass is 32.2. The Labute approximate surface area is 328 Å². The van der Waals surface area contributed by atoms with Gasteiger partial charge in [0.1, 0.15) is 36.3 Å². The number of fused-ring (bicyclic) bond motifs is 1. The number of carbonyl (C=O) groups is 3. The van der Waals surface area contributed by atoms with Crippen LogP contribution in [0.1, 0.15) is 52.2 Å². The number of hydrogen-bond donors (Lipinski definition) is 12. The van der Waals surface area contributed by atoms with Crippen molar-refractivity contribution < 1.29 is 80.5 Å². The fourth-order valence-electron chi connectivity index (χ4n) is 5.12. The van der Waals surface area contributed by atoms with Gasteiger partial charge < -0.3 is 56.6 Å². The smallest absolute Gasteiger partial charge is 0.386 e. The summed E-state index contributed by atoms with van der Waals surface area (Å²) in [7, 11) is -16.4. The van der Waals surface area contributed by atoms with E-state index in [1.807, 2.05) is 0 Å². The summed E-state index contributed by atoms with van der Waals surface area (Å²) in [6.07, 6.45) is -4.30. The van der Waals surface area contributed by atoms with Gasteiger partial charge in [-0.15, -0.1) is 11.1 Å². The Bertz CT molecular complexity index is 1840. The molecule has 0 aliphatic carbocycles. The predicted molar refractivity (Wildman–Crippen MR) is 200 cm³/mol. The molecule has 3 heterocycles. The first kappa shape index (κ1) is 48.8. The van der Waals surface area contributed by atoms with Gasteiger partial charge in [-0.05, 0) is 19.4 Å². The van der Waals surface area contributed by atoms with Gasteiger partial charge in [0.05, 0.1) is 19.5 Å². The van der Waals surface area contributed by atoms with Gasteiger partial charge in [0.2, 0.25) is 11.8 Å². The van der Waals surface area contributed by atoms with Crippen molar-refractivity contribution in [3.8, 4) is 0 Å². The number of hydrogen-bond acceptors (Lipinski definition) is 19. The first-order chi connectivity index (χ1) is 26.5. The molecule has 2 aromatic heterocycles. The second kappa shape index (κ2) is 21.1. The largest absolute Gasteiger partial charge is 0.481 e. The van der Waals surface area contributed by atoms with Crippen LogP contribution in [0.15, 0.2) is 12.7 Å². The second-order valence-electron chi connectivity index (χ2n) is 13.3. The number of carbonyl (C=O) groups excluding carboxylic acids is 3. The number of thiol groups is 1. The first-order valence-corrected chi connectivity index (χ1v) is 23.2. The normalized spacial score (nSPS) is 22.4. The zero-order valence-electron chi connectivity index (χ0n) is 30.8. The number of aliphatic hydroxyl groups excluding tert-OH is 2. The number of unbranched alkanes of at least 4 members (excludes halogenated alkanes) is 2. The molecule has 0 radical (unpaired) electrons. The summed E-state index contributed by atoms with van der Waals surface area (Å²) in [4.78, 5) is 87.8. The van der Waals surface area contributed by atoms with Gasteiger partial charge >= 0.3 is 23.5 Å². The SMILES string of the molecule is CC(C)(COP(=O)(O)OP(=O)(O)OC[C@H]1O[C@@H](n2cnc3c(N)ncnc32)[C@H](O)[C@@H]1OP(=O)(O)O)C(O)C(=O)NCCC(=O)NCC[SH](N)C(=O)CCCCCN. The number of anilines is 1. The van der Waals surface area contributed by atoms with Gasteiger partial charge in [0.25, 0.3) is 0 Å². The number of aliphatic hydroxyl groups is 2. The zero-order valence-corrected chi connectivity index (χ0v) is 34.4. The second-order valence-corrected chi connectivity index (χ2v) is 19.4. The Balaban J connectivity index is 1.47. The number of ether oxygens (including phenoxy) is 1. The maximum atomic E-state index is 12.7. The highest BCUT2D eigenvalue weighted by Gasteiger charge is 2.50. The lowest BCUT2D eigenvalue weighted by molar-refractivity contribution is -0.137. The van der Waals surface area contributed by atoms with Crippen molar-refractivity contribution in [2.24, 2.45) is 16.3 Å². The molecule has 26 nitrogen and oxygen atoms in total. The standard InChI is InChI=1S/C27H50N9O17P3S/c1-27(2,22(40)25(41)32-9-7-17(37)31-10-11-57(30)18(38)6-4-3-5-8-28)13-50-56(47,48)53-55(45,46)49-12-16-21(52-54(42,43)44)20(39)26(51-16)36-15-35-19-23(29)33-14-34-24(19)36/h14-16,20-22,26,39-40,57H,3-13,28,30H2,1-2H3,(H,31,37)(H,32,41)(H,45,46)(H,47,48)(H2,29,33,34)(H2,42,43,44)/t16-,20-,21-,22?,26-/m1/s1. The molecule has 0 aromatic carbocycles. The maximum absolute atomic E-state index is 12.7. The lowest BCUT2D eigenvalue weighted by Crippen LogP contribution is -2.46. The highest BCUT2D eigenvalue weighted by Crippen LogP contribution is 2.61. The molecular weight excluding hydrogens is 847 g/mol. The molecule has 3 rings (SSSR count). The van der Waals surface area contributed by atoms with Crippen molar-refractivity contribution >= 4 is 68.5 Å². The van der Waals surface area contributed by atoms with E-state index >= 15 is 0 Å². The van der Waals surface area contributed by atoms with Gasteiger partial charge in [-0.3, -0.25) is 37.7 Å². The van der Waals surface area contributed by atoms with Crippen molar-refractivity contribution in [2.75, 3.05) is 44.3 Å². The van der Waals surface area contributed by atoms with Crippen molar-refractivity contribution in [1.82, 2.24) is 30.2 Å². The minimum Gasteiger partial charge on any atom is -0.386 e. The Morgan fingerprint density at radius 3 is 2.37 bits per heavy atom. The summed E-state index contributed by atoms with van der Waals surface area (Å²) in [5, 5.41) is 32.2. The van der Waals surface area contributed by atoms with E-state index in [9.17, 15) is 57.9 Å². The molecule has 30 heteroatoms. The van der Waals surface area contributed by atoms with Gasteiger partial charge in [0.15, 0.2) is 22.8 Å². The van der Waals surface area contributed by atoms with Crippen LogP contribution in [0.4, 0.5) is 5.82 Å². The van der Waals surface area contributed by atoms with Crippen LogP contribution >= 0.6 is 34.5 Å². The van der Waals surface area contributed by atoms with E-state index in [-0.39, 0.29) is 47.4 Å². The third-order valence-electron chi connectivity index (χ3n) is 8.17. The van der Waals surface area contributed by atoms with Crippen LogP contribution in [0.2, 0.25) is 0 Å². The lowest BCUT2D eigenvalue weighted by Gasteiger charge is -2.30. The van der Waals surface area contributed by atoms with Gasteiger partial charge in [-0.2, -0.15) is 4.31 Å². The maximum Gasteiger partial charge on any atom is 0.481 e. The molecule has 326 valence electrons. The van der Waals surface area contributed by atoms with E-state index in [4.69, 9.17) is 30.4 Å². The van der Waals surface area contributed by atoms with Crippen LogP contribution in [-0.4, -0.2) is 129 Å². The quantitative estimate of drug-likeness (QED) is 0.0318. The minimum atomic E-state index is -5.58. The highest BCUT2D eigenvalue weighted by molar-refractivity contribution is 8.28. The monoisotopic (exact) mass is 897 g/mol. The average Bonchev–Trinajstić information content (AvgIpc) is 3.67. The van der Waals surface area contributed by atoms with Gasteiger partial charge in [-0.1, -0.05) is 20.3 Å². The topological polar surface area (TPSA) is 416 Å². The molecule has 0 spiro atoms. The van der Waals surface area contributed by atoms with E-state index in [1.165, 1.54) is 13.8 Å². The summed E-state index contributed by atoms with van der Waals surface area (Å²) in [6, 6.07) is 0. The molecule has 0 bridgehead atoms. The number of nitrogen functional groups attached to an aromatic ring is 1. The molecule has 1 aliphatic rings. The summed E-state index contributed by atoms with van der Waals surface area (Å²) in [5.41, 5.74) is 9.68. The average molecular weight is 898 g/mol. The Kier molecular flexibility index (Phi) is 18.1. The van der Waals surface area contributed by atoms with Gasteiger partial charge in [0, 0.05) is 37.1 Å². The number of phosphoric acid groups is 3. The van der Waals surface area contributed by atoms with E-state index in [1.54, 1.807) is 0 Å². The molecule has 57 heavy (non-hydrogen) atoms. The number of nitrogens with zero attached hydrogens (tertiary/aromatic N) is 4. The Morgan fingerprint density at radius 1 is 1.02 bits per heavy atom. The molecule has 2 amide bonds. The third-order valence-corrected chi connectivity index (χ3v) is 12.8. The van der Waals surface area contributed by atoms with E-state index < -0.39 is 95.6 Å². The summed E-state index contributed by atoms with van der Waals surface area (Å²) in [5.74, 6) is -1.22. The lowest BCUT2D eigenvalue weighted by atomic mass is 9.87. The molecule has 8 atom stereocenters. The predicted octanol–water partition coefficient (Wildman–Crippen LogP) is -1.67. The number of rotatable bonds is 24. The van der Waals surface area contributed by atoms with Crippen LogP contribution in [0.3, 0.4) is 0 Å². The van der Waals surface area contributed by atoms with Crippen LogP contribution in [0.25, 0.3) is 11.2 Å². The van der Waals surface area contributed by atoms with Crippen molar-refractivity contribution in [3.05, 3.63) is 12.7 Å². The number of nitrogens with two attached hydrogens (primary N) is 3. The molecule has 4 unspecified atom stereocenters. The summed E-state index contributed by atoms with van der Waals surface area (Å²) >= 11 is -1.42. The number of amides is 2. The summed E-state index contributed by atoms with van der Waals surface area (Å²) in [6.45, 7) is 0.931. The zero-order chi connectivity index (χ0) is 42.8. The molecule has 1 fully saturated rings. The molecule has 0 saturated carbocycles.